The van der Waals surface area contributed by atoms with E-state index in [-0.39, 0.29) is 16.5 Å². The number of nitrogens with one attached hydrogen (secondary N) is 2. The van der Waals surface area contributed by atoms with Crippen molar-refractivity contribution >= 4 is 34.1 Å². The first kappa shape index (κ1) is 24.7. The van der Waals surface area contributed by atoms with Crippen LogP contribution in [-0.4, -0.2) is 44.1 Å². The summed E-state index contributed by atoms with van der Waals surface area (Å²) < 4.78 is 46.3. The highest BCUT2D eigenvalue weighted by Gasteiger charge is 2.30. The van der Waals surface area contributed by atoms with Gasteiger partial charge in [0.1, 0.15) is 29.6 Å². The topological polar surface area (TPSA) is 104 Å². The van der Waals surface area contributed by atoms with E-state index in [9.17, 15) is 18.3 Å². The number of aliphatic hydroxyl groups is 2. The third-order valence-corrected chi connectivity index (χ3v) is 5.33. The average Bonchev–Trinajstić information content (AvgIpc) is 3.24. The molecule has 0 spiro atoms. The lowest BCUT2D eigenvalue weighted by atomic mass is 10.2. The maximum absolute atomic E-state index is 13.0. The lowest BCUT2D eigenvalue weighted by Crippen LogP contribution is -2.34. The number of rotatable bonds is 9. The molecule has 4 aromatic rings. The molecular formula is C23H21ClF3N5O3. The highest BCUT2D eigenvalue weighted by atomic mass is 35.5. The molecule has 0 amide bonds. The third-order valence-electron chi connectivity index (χ3n) is 5.04. The van der Waals surface area contributed by atoms with Gasteiger partial charge in [0, 0.05) is 25.0 Å². The summed E-state index contributed by atoms with van der Waals surface area (Å²) in [6.45, 7) is 0.483. The molecule has 0 aliphatic heterocycles. The minimum Gasteiger partial charge on any atom is -0.456 e. The Morgan fingerprint density at radius 1 is 1.11 bits per heavy atom. The van der Waals surface area contributed by atoms with E-state index in [0.29, 0.717) is 35.6 Å². The molecule has 0 aliphatic carbocycles. The number of hydrogen-bond acceptors (Lipinski definition) is 7. The smallest absolute Gasteiger partial charge is 0.416 e. The number of fused-ring (bicyclic) bond motifs is 1. The van der Waals surface area contributed by atoms with Crippen molar-refractivity contribution in [2.45, 2.75) is 18.9 Å². The lowest BCUT2D eigenvalue weighted by molar-refractivity contribution is -0.137. The van der Waals surface area contributed by atoms with Gasteiger partial charge in [-0.1, -0.05) is 17.7 Å². The first-order valence-corrected chi connectivity index (χ1v) is 10.9. The van der Waals surface area contributed by atoms with Crippen LogP contribution < -0.4 is 15.4 Å². The molecule has 0 saturated carbocycles. The summed E-state index contributed by atoms with van der Waals surface area (Å²) in [4.78, 5) is 8.57. The Morgan fingerprint density at radius 3 is 2.69 bits per heavy atom. The molecule has 2 aromatic carbocycles. The monoisotopic (exact) mass is 507 g/mol. The molecule has 12 heteroatoms. The minimum absolute atomic E-state index is 0.0118. The fraction of sp³-hybridized carbons (Fsp3) is 0.217. The Labute approximate surface area is 203 Å². The van der Waals surface area contributed by atoms with E-state index in [1.807, 2.05) is 16.8 Å². The summed E-state index contributed by atoms with van der Waals surface area (Å²) in [6, 6.07) is 11.1. The molecule has 35 heavy (non-hydrogen) atoms. The number of alkyl halides is 3. The number of hydrogen-bond donors (Lipinski definition) is 4. The van der Waals surface area contributed by atoms with Crippen LogP contribution in [0.25, 0.3) is 11.0 Å². The van der Waals surface area contributed by atoms with E-state index in [2.05, 4.69) is 20.6 Å². The van der Waals surface area contributed by atoms with Crippen molar-refractivity contribution in [3.8, 4) is 11.5 Å². The van der Waals surface area contributed by atoms with Crippen molar-refractivity contribution < 1.29 is 28.1 Å². The van der Waals surface area contributed by atoms with Gasteiger partial charge < -0.3 is 24.8 Å². The highest BCUT2D eigenvalue weighted by Crippen LogP contribution is 2.36. The maximum Gasteiger partial charge on any atom is 0.416 e. The zero-order valence-corrected chi connectivity index (χ0v) is 18.9. The zero-order chi connectivity index (χ0) is 25.0. The van der Waals surface area contributed by atoms with Crippen LogP contribution in [0.15, 0.2) is 61.1 Å². The summed E-state index contributed by atoms with van der Waals surface area (Å²) in [5, 5.41) is 24.5. The van der Waals surface area contributed by atoms with Crippen molar-refractivity contribution in [3.63, 3.8) is 0 Å². The Hall–Kier alpha value is -3.38. The van der Waals surface area contributed by atoms with Gasteiger partial charge in [0.25, 0.3) is 0 Å². The van der Waals surface area contributed by atoms with E-state index in [1.54, 1.807) is 18.2 Å². The SMILES string of the molecule is OCC(O)NCCn1ccc2ncnc(Nc3ccc(Oc4cccc(C(F)(F)F)c4)c(Cl)c3)c21. The van der Waals surface area contributed by atoms with Gasteiger partial charge in [0.15, 0.2) is 5.82 Å². The predicted octanol–water partition coefficient (Wildman–Crippen LogP) is 4.54. The molecule has 0 radical (unpaired) electrons. The largest absolute Gasteiger partial charge is 0.456 e. The van der Waals surface area contributed by atoms with Crippen molar-refractivity contribution in [2.75, 3.05) is 18.5 Å². The van der Waals surface area contributed by atoms with Crippen LogP contribution in [0, 0.1) is 0 Å². The van der Waals surface area contributed by atoms with Crippen LogP contribution in [0.2, 0.25) is 5.02 Å². The van der Waals surface area contributed by atoms with Crippen molar-refractivity contribution in [2.24, 2.45) is 0 Å². The molecule has 184 valence electrons. The lowest BCUT2D eigenvalue weighted by Gasteiger charge is -2.14. The second-order valence-corrected chi connectivity index (χ2v) is 7.92. The number of aliphatic hydroxyl groups excluding tert-OH is 2. The van der Waals surface area contributed by atoms with Gasteiger partial charge in [0.2, 0.25) is 0 Å². The molecule has 0 saturated heterocycles. The summed E-state index contributed by atoms with van der Waals surface area (Å²) in [5.41, 5.74) is 1.17. The van der Waals surface area contributed by atoms with E-state index >= 15 is 0 Å². The van der Waals surface area contributed by atoms with Crippen molar-refractivity contribution in [3.05, 3.63) is 71.6 Å². The number of benzene rings is 2. The molecule has 2 aromatic heterocycles. The van der Waals surface area contributed by atoms with Crippen molar-refractivity contribution in [1.82, 2.24) is 19.9 Å². The average molecular weight is 508 g/mol. The third kappa shape index (κ3) is 6.01. The van der Waals surface area contributed by atoms with Crippen molar-refractivity contribution in [1.29, 1.82) is 0 Å². The zero-order valence-electron chi connectivity index (χ0n) is 18.1. The van der Waals surface area contributed by atoms with Gasteiger partial charge in [-0.25, -0.2) is 9.97 Å². The molecule has 0 fully saturated rings. The molecule has 1 unspecified atom stereocenters. The fourth-order valence-corrected chi connectivity index (χ4v) is 3.61. The van der Waals surface area contributed by atoms with Gasteiger partial charge in [0.05, 0.1) is 22.7 Å². The van der Waals surface area contributed by atoms with Gasteiger partial charge in [-0.05, 0) is 42.5 Å². The number of nitrogens with zero attached hydrogens (tertiary/aromatic N) is 3. The first-order chi connectivity index (χ1) is 16.7. The Kier molecular flexibility index (Phi) is 7.41. The normalized spacial score (nSPS) is 12.6. The number of ether oxygens (including phenoxy) is 1. The van der Waals surface area contributed by atoms with Gasteiger partial charge in [-0.3, -0.25) is 5.32 Å². The van der Waals surface area contributed by atoms with Crippen LogP contribution in [0.4, 0.5) is 24.7 Å². The maximum atomic E-state index is 13.0. The van der Waals surface area contributed by atoms with Crippen LogP contribution in [-0.2, 0) is 12.7 Å². The minimum atomic E-state index is -4.48. The Balaban J connectivity index is 1.52. The number of aromatic nitrogens is 3. The van der Waals surface area contributed by atoms with Crippen LogP contribution in [0.3, 0.4) is 0 Å². The van der Waals surface area contributed by atoms with E-state index in [1.165, 1.54) is 18.5 Å². The molecule has 1 atom stereocenters. The van der Waals surface area contributed by atoms with Crippen LogP contribution in [0.1, 0.15) is 5.56 Å². The molecule has 8 nitrogen and oxygen atoms in total. The fourth-order valence-electron chi connectivity index (χ4n) is 3.39. The number of halogens is 4. The summed E-state index contributed by atoms with van der Waals surface area (Å²) >= 11 is 6.34. The van der Waals surface area contributed by atoms with Gasteiger partial charge >= 0.3 is 6.18 Å². The predicted molar refractivity (Wildman–Crippen MR) is 125 cm³/mol. The molecule has 4 rings (SSSR count). The van der Waals surface area contributed by atoms with E-state index in [0.717, 1.165) is 12.1 Å². The Bertz CT molecular complexity index is 1320. The second-order valence-electron chi connectivity index (χ2n) is 7.52. The summed E-state index contributed by atoms with van der Waals surface area (Å²) in [5.74, 6) is 0.712. The van der Waals surface area contributed by atoms with E-state index in [4.69, 9.17) is 21.4 Å². The molecule has 0 bridgehead atoms. The summed E-state index contributed by atoms with van der Waals surface area (Å²) in [6.07, 6.45) is -2.25. The summed E-state index contributed by atoms with van der Waals surface area (Å²) in [7, 11) is 0. The van der Waals surface area contributed by atoms with Crippen LogP contribution in [0.5, 0.6) is 11.5 Å². The second kappa shape index (κ2) is 10.5. The quantitative estimate of drug-likeness (QED) is 0.247. The molecular weight excluding hydrogens is 487 g/mol. The standard InChI is InChI=1S/C23H21ClF3N5O3/c24-17-11-15(4-5-19(17)35-16-3-1-2-14(10-16)23(25,26)27)31-22-21-18(29-13-30-22)6-8-32(21)9-7-28-20(34)12-33/h1-6,8,10-11,13,20,28,33-34H,7,9,12H2,(H,29,30,31). The van der Waals surface area contributed by atoms with Gasteiger partial charge in [-0.15, -0.1) is 0 Å². The van der Waals surface area contributed by atoms with Gasteiger partial charge in [-0.2, -0.15) is 13.2 Å². The highest BCUT2D eigenvalue weighted by molar-refractivity contribution is 6.32. The molecule has 2 heterocycles. The first-order valence-electron chi connectivity index (χ1n) is 10.5. The molecule has 0 aliphatic rings. The van der Waals surface area contributed by atoms with E-state index < -0.39 is 24.6 Å². The Morgan fingerprint density at radius 2 is 1.94 bits per heavy atom. The molecule has 4 N–H and O–H groups in total. The number of anilines is 2. The van der Waals surface area contributed by atoms with Crippen LogP contribution >= 0.6 is 11.6 Å².